The van der Waals surface area contributed by atoms with Crippen LogP contribution in [0.4, 0.5) is 11.5 Å². The number of anilines is 2. The summed E-state index contributed by atoms with van der Waals surface area (Å²) in [5, 5.41) is 15.4. The summed E-state index contributed by atoms with van der Waals surface area (Å²) in [6.45, 7) is 4.48. The van der Waals surface area contributed by atoms with Crippen LogP contribution >= 0.6 is 0 Å². The van der Waals surface area contributed by atoms with Crippen LogP contribution in [-0.2, 0) is 9.53 Å². The number of hydrogen-bond donors (Lipinski definition) is 2. The SMILES string of the molecule is CO[C@@H]1CCN(c2ccc(NC(=O)[C@H](NC[C@@H](C)c3ccc(C#N)cc3)c3ccccc3)nc2)C1. The van der Waals surface area contributed by atoms with Crippen LogP contribution in [-0.4, -0.2) is 43.7 Å². The van der Waals surface area contributed by atoms with Crippen LogP contribution in [0, 0.1) is 11.3 Å². The van der Waals surface area contributed by atoms with E-state index in [1.54, 1.807) is 13.3 Å². The Labute approximate surface area is 206 Å². The van der Waals surface area contributed by atoms with E-state index in [2.05, 4.69) is 33.5 Å². The van der Waals surface area contributed by atoms with Gasteiger partial charge >= 0.3 is 0 Å². The molecular weight excluding hydrogens is 438 g/mol. The third-order valence-electron chi connectivity index (χ3n) is 6.47. The predicted molar refractivity (Wildman–Crippen MR) is 137 cm³/mol. The van der Waals surface area contributed by atoms with Crippen molar-refractivity contribution in [1.29, 1.82) is 5.26 Å². The molecule has 1 aliphatic rings. The molecule has 35 heavy (non-hydrogen) atoms. The number of amides is 1. The fraction of sp³-hybridized carbons (Fsp3) is 0.321. The average molecular weight is 470 g/mol. The molecule has 0 aliphatic carbocycles. The summed E-state index contributed by atoms with van der Waals surface area (Å²) in [6.07, 6.45) is 3.05. The van der Waals surface area contributed by atoms with E-state index in [-0.39, 0.29) is 17.9 Å². The number of aromatic nitrogens is 1. The van der Waals surface area contributed by atoms with Gasteiger partial charge in [0.15, 0.2) is 0 Å². The molecule has 1 aliphatic heterocycles. The summed E-state index contributed by atoms with van der Waals surface area (Å²) in [7, 11) is 1.74. The van der Waals surface area contributed by atoms with E-state index in [9.17, 15) is 4.79 Å². The van der Waals surface area contributed by atoms with Crippen molar-refractivity contribution in [2.45, 2.75) is 31.4 Å². The number of ether oxygens (including phenoxy) is 1. The number of carbonyl (C=O) groups is 1. The van der Waals surface area contributed by atoms with Gasteiger partial charge in [0.1, 0.15) is 11.9 Å². The van der Waals surface area contributed by atoms with Crippen LogP contribution in [0.25, 0.3) is 0 Å². The van der Waals surface area contributed by atoms with Crippen molar-refractivity contribution in [2.24, 2.45) is 0 Å². The summed E-state index contributed by atoms with van der Waals surface area (Å²) in [4.78, 5) is 20.0. The highest BCUT2D eigenvalue weighted by atomic mass is 16.5. The van der Waals surface area contributed by atoms with Crippen molar-refractivity contribution in [3.05, 3.63) is 89.6 Å². The van der Waals surface area contributed by atoms with E-state index < -0.39 is 6.04 Å². The largest absolute Gasteiger partial charge is 0.380 e. The van der Waals surface area contributed by atoms with Gasteiger partial charge in [0.2, 0.25) is 5.91 Å². The first-order chi connectivity index (χ1) is 17.1. The van der Waals surface area contributed by atoms with Crippen molar-refractivity contribution in [3.8, 4) is 6.07 Å². The number of carbonyl (C=O) groups excluding carboxylic acids is 1. The topological polar surface area (TPSA) is 90.3 Å². The molecule has 0 unspecified atom stereocenters. The summed E-state index contributed by atoms with van der Waals surface area (Å²) in [6, 6.07) is 22.7. The first kappa shape index (κ1) is 24.4. The molecule has 1 saturated heterocycles. The molecule has 7 heteroatoms. The predicted octanol–water partition coefficient (Wildman–Crippen LogP) is 4.25. The number of nitrogens with zero attached hydrogens (tertiary/aromatic N) is 3. The van der Waals surface area contributed by atoms with Crippen molar-refractivity contribution in [2.75, 3.05) is 37.0 Å². The number of nitriles is 1. The highest BCUT2D eigenvalue weighted by Crippen LogP contribution is 2.23. The minimum Gasteiger partial charge on any atom is -0.380 e. The molecule has 2 heterocycles. The van der Waals surface area contributed by atoms with Gasteiger partial charge in [0, 0.05) is 26.7 Å². The van der Waals surface area contributed by atoms with Gasteiger partial charge in [-0.2, -0.15) is 5.26 Å². The quantitative estimate of drug-likeness (QED) is 0.487. The summed E-state index contributed by atoms with van der Waals surface area (Å²) >= 11 is 0. The molecule has 2 N–H and O–H groups in total. The smallest absolute Gasteiger partial charge is 0.247 e. The van der Waals surface area contributed by atoms with E-state index in [0.717, 1.165) is 36.3 Å². The van der Waals surface area contributed by atoms with Gasteiger partial charge in [0.25, 0.3) is 0 Å². The molecule has 1 amide bonds. The Hall–Kier alpha value is -3.73. The maximum Gasteiger partial charge on any atom is 0.247 e. The fourth-order valence-corrected chi connectivity index (χ4v) is 4.31. The molecule has 0 saturated carbocycles. The molecule has 3 aromatic rings. The number of benzene rings is 2. The molecule has 2 aromatic carbocycles. The highest BCUT2D eigenvalue weighted by Gasteiger charge is 2.24. The Morgan fingerprint density at radius 3 is 2.54 bits per heavy atom. The van der Waals surface area contributed by atoms with Gasteiger partial charge in [-0.3, -0.25) is 4.79 Å². The number of pyridine rings is 1. The minimum absolute atomic E-state index is 0.163. The third-order valence-corrected chi connectivity index (χ3v) is 6.47. The maximum atomic E-state index is 13.3. The summed E-state index contributed by atoms with van der Waals surface area (Å²) < 4.78 is 5.45. The first-order valence-corrected chi connectivity index (χ1v) is 11.9. The van der Waals surface area contributed by atoms with Gasteiger partial charge < -0.3 is 20.3 Å². The zero-order valence-electron chi connectivity index (χ0n) is 20.1. The van der Waals surface area contributed by atoms with E-state index in [0.29, 0.717) is 17.9 Å². The van der Waals surface area contributed by atoms with Gasteiger partial charge in [0.05, 0.1) is 29.6 Å². The molecule has 3 atom stereocenters. The molecule has 0 radical (unpaired) electrons. The number of rotatable bonds is 9. The second kappa shape index (κ2) is 11.6. The zero-order valence-corrected chi connectivity index (χ0v) is 20.1. The van der Waals surface area contributed by atoms with Gasteiger partial charge in [-0.1, -0.05) is 49.4 Å². The Kier molecular flexibility index (Phi) is 8.09. The van der Waals surface area contributed by atoms with Crippen LogP contribution in [0.2, 0.25) is 0 Å². The second-order valence-electron chi connectivity index (χ2n) is 8.87. The lowest BCUT2D eigenvalue weighted by atomic mass is 9.98. The molecular formula is C28H31N5O2. The van der Waals surface area contributed by atoms with Gasteiger partial charge in [-0.05, 0) is 47.7 Å². The molecule has 7 nitrogen and oxygen atoms in total. The fourth-order valence-electron chi connectivity index (χ4n) is 4.31. The van der Waals surface area contributed by atoms with Crippen LogP contribution < -0.4 is 15.5 Å². The van der Waals surface area contributed by atoms with Gasteiger partial charge in [-0.15, -0.1) is 0 Å². The molecule has 4 rings (SSSR count). The van der Waals surface area contributed by atoms with E-state index in [4.69, 9.17) is 10.00 Å². The maximum absolute atomic E-state index is 13.3. The Bertz CT molecular complexity index is 1140. The molecule has 1 aromatic heterocycles. The number of hydrogen-bond acceptors (Lipinski definition) is 6. The normalized spacial score (nSPS) is 16.9. The Balaban J connectivity index is 1.42. The molecule has 180 valence electrons. The second-order valence-corrected chi connectivity index (χ2v) is 8.87. The third kappa shape index (κ3) is 6.24. The molecule has 0 bridgehead atoms. The molecule has 1 fully saturated rings. The number of methoxy groups -OCH3 is 1. The monoisotopic (exact) mass is 469 g/mol. The number of nitrogens with one attached hydrogen (secondary N) is 2. The lowest BCUT2D eigenvalue weighted by molar-refractivity contribution is -0.118. The zero-order chi connectivity index (χ0) is 24.6. The van der Waals surface area contributed by atoms with Crippen molar-refractivity contribution >= 4 is 17.4 Å². The van der Waals surface area contributed by atoms with Crippen LogP contribution in [0.3, 0.4) is 0 Å². The van der Waals surface area contributed by atoms with Crippen molar-refractivity contribution in [1.82, 2.24) is 10.3 Å². The van der Waals surface area contributed by atoms with Crippen LogP contribution in [0.1, 0.15) is 42.0 Å². The summed E-state index contributed by atoms with van der Waals surface area (Å²) in [5.41, 5.74) is 3.66. The van der Waals surface area contributed by atoms with E-state index in [1.807, 2.05) is 66.7 Å². The lowest BCUT2D eigenvalue weighted by Crippen LogP contribution is -2.35. The Morgan fingerprint density at radius 2 is 1.91 bits per heavy atom. The van der Waals surface area contributed by atoms with Crippen molar-refractivity contribution < 1.29 is 9.53 Å². The van der Waals surface area contributed by atoms with Crippen molar-refractivity contribution in [3.63, 3.8) is 0 Å². The van der Waals surface area contributed by atoms with E-state index >= 15 is 0 Å². The average Bonchev–Trinajstić information content (AvgIpc) is 3.39. The van der Waals surface area contributed by atoms with E-state index in [1.165, 1.54) is 0 Å². The highest BCUT2D eigenvalue weighted by molar-refractivity contribution is 5.94. The van der Waals surface area contributed by atoms with Crippen LogP contribution in [0.5, 0.6) is 0 Å². The summed E-state index contributed by atoms with van der Waals surface area (Å²) in [5.74, 6) is 0.517. The Morgan fingerprint density at radius 1 is 1.14 bits per heavy atom. The molecule has 0 spiro atoms. The van der Waals surface area contributed by atoms with Crippen LogP contribution in [0.15, 0.2) is 72.9 Å². The standard InChI is InChI=1S/C28H31N5O2/c1-20(22-10-8-21(16-29)9-11-22)17-31-27(23-6-4-3-5-7-23)28(34)32-26-13-12-24(18-30-26)33-15-14-25(19-33)35-2/h3-13,18,20,25,27,31H,14-15,17,19H2,1-2H3,(H,30,32,34)/t20-,25-,27-/m1/s1. The minimum atomic E-state index is -0.528. The van der Waals surface area contributed by atoms with Gasteiger partial charge in [-0.25, -0.2) is 4.98 Å². The first-order valence-electron chi connectivity index (χ1n) is 11.9. The lowest BCUT2D eigenvalue weighted by Gasteiger charge is -2.22.